The summed E-state index contributed by atoms with van der Waals surface area (Å²) in [7, 11) is 0. The lowest BCUT2D eigenvalue weighted by atomic mass is 9.96. The molecule has 0 saturated carbocycles. The molecule has 2 aromatic rings. The average molecular weight is 276 g/mol. The van der Waals surface area contributed by atoms with Crippen molar-refractivity contribution in [3.05, 3.63) is 29.2 Å². The van der Waals surface area contributed by atoms with E-state index >= 15 is 0 Å². The Morgan fingerprint density at radius 2 is 2.00 bits per heavy atom. The Labute approximate surface area is 115 Å². The third-order valence-corrected chi connectivity index (χ3v) is 3.51. The minimum absolute atomic E-state index is 0.106. The Bertz CT molecular complexity index is 611. The van der Waals surface area contributed by atoms with Crippen molar-refractivity contribution in [2.45, 2.75) is 32.6 Å². The van der Waals surface area contributed by atoms with Gasteiger partial charge >= 0.3 is 0 Å². The average Bonchev–Trinajstić information content (AvgIpc) is 3.07. The number of amides is 1. The van der Waals surface area contributed by atoms with Crippen molar-refractivity contribution in [2.75, 3.05) is 13.1 Å². The number of hydrogen-bond acceptors (Lipinski definition) is 6. The second-order valence-electron chi connectivity index (χ2n) is 5.08. The highest BCUT2D eigenvalue weighted by atomic mass is 16.5. The van der Waals surface area contributed by atoms with Gasteiger partial charge in [-0.3, -0.25) is 4.79 Å². The van der Waals surface area contributed by atoms with E-state index in [9.17, 15) is 4.79 Å². The van der Waals surface area contributed by atoms with E-state index in [-0.39, 0.29) is 11.8 Å². The molecule has 0 aliphatic carbocycles. The van der Waals surface area contributed by atoms with Crippen LogP contribution in [-0.4, -0.2) is 39.2 Å². The van der Waals surface area contributed by atoms with Crippen molar-refractivity contribution in [1.82, 2.24) is 20.2 Å². The molecule has 1 saturated heterocycles. The number of carbonyl (C=O) groups is 1. The van der Waals surface area contributed by atoms with Crippen molar-refractivity contribution < 1.29 is 13.8 Å². The molecule has 7 nitrogen and oxygen atoms in total. The Hall–Kier alpha value is -2.18. The molecule has 0 N–H and O–H groups in total. The number of likely N-dealkylation sites (tertiary alicyclic amines) is 1. The van der Waals surface area contributed by atoms with E-state index in [1.54, 1.807) is 24.8 Å². The predicted molar refractivity (Wildman–Crippen MR) is 68.2 cm³/mol. The van der Waals surface area contributed by atoms with Gasteiger partial charge in [0, 0.05) is 25.1 Å². The molecule has 0 unspecified atom stereocenters. The van der Waals surface area contributed by atoms with Crippen LogP contribution in [0.15, 0.2) is 15.1 Å². The lowest BCUT2D eigenvalue weighted by Crippen LogP contribution is -2.37. The van der Waals surface area contributed by atoms with Crippen LogP contribution in [0.3, 0.4) is 0 Å². The van der Waals surface area contributed by atoms with E-state index in [0.29, 0.717) is 36.3 Å². The molecule has 1 amide bonds. The summed E-state index contributed by atoms with van der Waals surface area (Å²) in [6, 6.07) is 1.66. The van der Waals surface area contributed by atoms with Gasteiger partial charge in [0.1, 0.15) is 0 Å². The highest BCUT2D eigenvalue weighted by Crippen LogP contribution is 2.27. The first-order valence-electron chi connectivity index (χ1n) is 6.66. The molecule has 0 atom stereocenters. The summed E-state index contributed by atoms with van der Waals surface area (Å²) < 4.78 is 10.2. The number of piperidine rings is 1. The van der Waals surface area contributed by atoms with Crippen LogP contribution in [0.1, 0.15) is 46.7 Å². The number of nitrogens with zero attached hydrogens (tertiary/aromatic N) is 4. The van der Waals surface area contributed by atoms with Crippen molar-refractivity contribution in [3.8, 4) is 0 Å². The summed E-state index contributed by atoms with van der Waals surface area (Å²) in [5.41, 5.74) is 0.713. The maximum Gasteiger partial charge on any atom is 0.292 e. The zero-order valence-electron chi connectivity index (χ0n) is 11.5. The standard InChI is InChI=1S/C13H16N4O3/c1-8-7-11(19-15-8)13(18)17-5-3-10(4-6-17)12-14-9(2)16-20-12/h7,10H,3-6H2,1-2H3. The zero-order valence-corrected chi connectivity index (χ0v) is 11.5. The number of aryl methyl sites for hydroxylation is 2. The van der Waals surface area contributed by atoms with Crippen molar-refractivity contribution in [3.63, 3.8) is 0 Å². The highest BCUT2D eigenvalue weighted by Gasteiger charge is 2.29. The van der Waals surface area contributed by atoms with Gasteiger partial charge in [-0.15, -0.1) is 0 Å². The molecule has 3 heterocycles. The van der Waals surface area contributed by atoms with Crippen LogP contribution in [0, 0.1) is 13.8 Å². The first kappa shape index (κ1) is 12.8. The Morgan fingerprint density at radius 3 is 2.55 bits per heavy atom. The van der Waals surface area contributed by atoms with Crippen molar-refractivity contribution >= 4 is 5.91 Å². The van der Waals surface area contributed by atoms with Crippen molar-refractivity contribution in [1.29, 1.82) is 0 Å². The zero-order chi connectivity index (χ0) is 14.1. The van der Waals surface area contributed by atoms with Crippen molar-refractivity contribution in [2.24, 2.45) is 0 Å². The molecule has 20 heavy (non-hydrogen) atoms. The van der Waals surface area contributed by atoms with E-state index in [1.165, 1.54) is 0 Å². The molecule has 1 aliphatic heterocycles. The minimum Gasteiger partial charge on any atom is -0.351 e. The molecular weight excluding hydrogens is 260 g/mol. The van der Waals surface area contributed by atoms with E-state index in [1.807, 2.05) is 0 Å². The maximum atomic E-state index is 12.2. The summed E-state index contributed by atoms with van der Waals surface area (Å²) in [6.07, 6.45) is 1.64. The van der Waals surface area contributed by atoms with Crippen LogP contribution in [0.25, 0.3) is 0 Å². The van der Waals surface area contributed by atoms with Crippen LogP contribution in [0.4, 0.5) is 0 Å². The third kappa shape index (κ3) is 2.43. The fraction of sp³-hybridized carbons (Fsp3) is 0.538. The van der Waals surface area contributed by atoms with Crippen LogP contribution in [-0.2, 0) is 0 Å². The predicted octanol–water partition coefficient (Wildman–Crippen LogP) is 1.69. The molecule has 106 valence electrons. The summed E-state index contributed by atoms with van der Waals surface area (Å²) in [5.74, 6) is 1.75. The monoisotopic (exact) mass is 276 g/mol. The molecule has 3 rings (SSSR count). The van der Waals surface area contributed by atoms with Crippen LogP contribution in [0.2, 0.25) is 0 Å². The Balaban J connectivity index is 1.62. The minimum atomic E-state index is -0.106. The van der Waals surface area contributed by atoms with E-state index in [0.717, 1.165) is 12.8 Å². The lowest BCUT2D eigenvalue weighted by molar-refractivity contribution is 0.0662. The quantitative estimate of drug-likeness (QED) is 0.829. The molecule has 0 aromatic carbocycles. The second kappa shape index (κ2) is 5.07. The van der Waals surface area contributed by atoms with Gasteiger partial charge in [0.25, 0.3) is 5.91 Å². The van der Waals surface area contributed by atoms with Gasteiger partial charge in [-0.2, -0.15) is 4.98 Å². The third-order valence-electron chi connectivity index (χ3n) is 3.51. The van der Waals surface area contributed by atoms with Gasteiger partial charge in [-0.25, -0.2) is 0 Å². The van der Waals surface area contributed by atoms with Gasteiger partial charge in [0.2, 0.25) is 11.7 Å². The molecule has 1 fully saturated rings. The lowest BCUT2D eigenvalue weighted by Gasteiger charge is -2.29. The van der Waals surface area contributed by atoms with Gasteiger partial charge in [0.05, 0.1) is 5.69 Å². The first-order valence-corrected chi connectivity index (χ1v) is 6.66. The fourth-order valence-corrected chi connectivity index (χ4v) is 2.43. The van der Waals surface area contributed by atoms with E-state index in [4.69, 9.17) is 9.05 Å². The fourth-order valence-electron chi connectivity index (χ4n) is 2.43. The molecule has 1 aliphatic rings. The Kier molecular flexibility index (Phi) is 3.25. The van der Waals surface area contributed by atoms with Gasteiger partial charge in [-0.1, -0.05) is 10.3 Å². The molecule has 2 aromatic heterocycles. The smallest absolute Gasteiger partial charge is 0.292 e. The number of hydrogen-bond donors (Lipinski definition) is 0. The SMILES string of the molecule is Cc1cc(C(=O)N2CCC(c3nc(C)no3)CC2)on1. The Morgan fingerprint density at radius 1 is 1.25 bits per heavy atom. The molecule has 0 radical (unpaired) electrons. The van der Waals surface area contributed by atoms with Crippen LogP contribution < -0.4 is 0 Å². The van der Waals surface area contributed by atoms with Gasteiger partial charge in [0.15, 0.2) is 5.82 Å². The van der Waals surface area contributed by atoms with Crippen LogP contribution >= 0.6 is 0 Å². The topological polar surface area (TPSA) is 85.3 Å². The number of carbonyl (C=O) groups excluding carboxylic acids is 1. The molecule has 0 spiro atoms. The van der Waals surface area contributed by atoms with Gasteiger partial charge < -0.3 is 13.9 Å². The van der Waals surface area contributed by atoms with E-state index < -0.39 is 0 Å². The number of rotatable bonds is 2. The van der Waals surface area contributed by atoms with Crippen LogP contribution in [0.5, 0.6) is 0 Å². The summed E-state index contributed by atoms with van der Waals surface area (Å²) in [4.78, 5) is 18.2. The maximum absolute atomic E-state index is 12.2. The normalized spacial score (nSPS) is 16.6. The molecular formula is C13H16N4O3. The molecule has 0 bridgehead atoms. The van der Waals surface area contributed by atoms with E-state index in [2.05, 4.69) is 15.3 Å². The summed E-state index contributed by atoms with van der Waals surface area (Å²) in [5, 5.41) is 7.55. The second-order valence-corrected chi connectivity index (χ2v) is 5.08. The molecule has 7 heteroatoms. The summed E-state index contributed by atoms with van der Waals surface area (Å²) in [6.45, 7) is 4.91. The summed E-state index contributed by atoms with van der Waals surface area (Å²) >= 11 is 0. The number of aromatic nitrogens is 3. The van der Waals surface area contributed by atoms with Gasteiger partial charge in [-0.05, 0) is 26.7 Å². The first-order chi connectivity index (χ1) is 9.63. The highest BCUT2D eigenvalue weighted by molar-refractivity contribution is 5.91. The largest absolute Gasteiger partial charge is 0.351 e.